The van der Waals surface area contributed by atoms with Crippen molar-refractivity contribution in [2.45, 2.75) is 32.0 Å². The lowest BCUT2D eigenvalue weighted by Crippen LogP contribution is -2.52. The molecule has 1 aromatic carbocycles. The first-order valence-corrected chi connectivity index (χ1v) is 11.1. The van der Waals surface area contributed by atoms with E-state index >= 15 is 0 Å². The Morgan fingerprint density at radius 1 is 1.21 bits per heavy atom. The highest BCUT2D eigenvalue weighted by atomic mass is 19.1. The minimum absolute atomic E-state index is 0.216. The molecule has 1 atom stereocenters. The molecule has 9 heteroatoms. The quantitative estimate of drug-likeness (QED) is 0.672. The number of nitrogens with one attached hydrogen (secondary N) is 1. The van der Waals surface area contributed by atoms with E-state index in [1.54, 1.807) is 25.3 Å². The highest BCUT2D eigenvalue weighted by molar-refractivity contribution is 6.05. The third-order valence-corrected chi connectivity index (χ3v) is 6.58. The number of hydrogen-bond donors (Lipinski definition) is 1. The summed E-state index contributed by atoms with van der Waals surface area (Å²) in [6, 6.07) is 6.51. The van der Waals surface area contributed by atoms with Crippen LogP contribution in [0.2, 0.25) is 0 Å². The number of piperidine rings is 1. The maximum atomic E-state index is 14.4. The van der Waals surface area contributed by atoms with Gasteiger partial charge in [-0.05, 0) is 30.2 Å². The first-order valence-electron chi connectivity index (χ1n) is 11.1. The smallest absolute Gasteiger partial charge is 0.255 e. The van der Waals surface area contributed by atoms with Gasteiger partial charge in [0.2, 0.25) is 11.8 Å². The predicted molar refractivity (Wildman–Crippen MR) is 116 cm³/mol. The van der Waals surface area contributed by atoms with Gasteiger partial charge in [-0.3, -0.25) is 29.6 Å². The van der Waals surface area contributed by atoms with E-state index < -0.39 is 11.9 Å². The fraction of sp³-hybridized carbons (Fsp3) is 0.417. The lowest BCUT2D eigenvalue weighted by Gasteiger charge is -2.38. The van der Waals surface area contributed by atoms with E-state index in [0.717, 1.165) is 24.2 Å². The van der Waals surface area contributed by atoms with Crippen LogP contribution in [0.1, 0.15) is 34.3 Å². The number of likely N-dealkylation sites (tertiary alicyclic amines) is 1. The molecular formula is C24H25FN4O4. The van der Waals surface area contributed by atoms with E-state index in [1.165, 1.54) is 11.1 Å². The highest BCUT2D eigenvalue weighted by Gasteiger charge is 2.39. The van der Waals surface area contributed by atoms with Crippen LogP contribution in [0.3, 0.4) is 0 Å². The number of pyridine rings is 1. The van der Waals surface area contributed by atoms with Crippen molar-refractivity contribution in [3.05, 3.63) is 53.0 Å². The minimum atomic E-state index is -0.653. The van der Waals surface area contributed by atoms with Crippen molar-refractivity contribution in [3.8, 4) is 11.3 Å². The number of aromatic nitrogens is 1. The van der Waals surface area contributed by atoms with Crippen LogP contribution in [-0.2, 0) is 27.4 Å². The molecule has 0 bridgehead atoms. The number of nitrogens with zero attached hydrogens (tertiary/aromatic N) is 3. The lowest BCUT2D eigenvalue weighted by atomic mass is 9.99. The SMILES string of the molecule is COCC1CN(Cc2cc(-c3ccc4c(c3)CN(C3CCC(=O)NC3=O)C4=O)ncc2F)C1. The van der Waals surface area contributed by atoms with E-state index in [1.807, 2.05) is 6.07 Å². The van der Waals surface area contributed by atoms with Gasteiger partial charge in [0.15, 0.2) is 0 Å². The first kappa shape index (κ1) is 21.7. The standard InChI is InChI=1S/C24H25FN4O4/c1-33-13-14-9-28(10-14)11-17-7-20(26-8-19(17)25)15-2-3-18-16(6-15)12-29(24(18)32)21-4-5-22(30)27-23(21)31/h2-3,6-8,14,21H,4-5,9-13H2,1H3,(H,27,30,31). The third kappa shape index (κ3) is 4.14. The monoisotopic (exact) mass is 452 g/mol. The molecule has 2 saturated heterocycles. The molecule has 0 aliphatic carbocycles. The Morgan fingerprint density at radius 2 is 2.03 bits per heavy atom. The van der Waals surface area contributed by atoms with Crippen molar-refractivity contribution in [2.24, 2.45) is 5.92 Å². The number of amides is 3. The maximum Gasteiger partial charge on any atom is 0.255 e. The molecular weight excluding hydrogens is 427 g/mol. The van der Waals surface area contributed by atoms with Gasteiger partial charge in [0, 0.05) is 62.3 Å². The zero-order chi connectivity index (χ0) is 23.1. The number of ether oxygens (including phenoxy) is 1. The number of carbonyl (C=O) groups excluding carboxylic acids is 3. The molecule has 1 N–H and O–H groups in total. The van der Waals surface area contributed by atoms with Gasteiger partial charge in [0.05, 0.1) is 18.5 Å². The molecule has 0 saturated carbocycles. The van der Waals surface area contributed by atoms with Crippen LogP contribution in [0.4, 0.5) is 4.39 Å². The van der Waals surface area contributed by atoms with E-state index in [9.17, 15) is 18.8 Å². The van der Waals surface area contributed by atoms with E-state index in [0.29, 0.717) is 42.3 Å². The molecule has 1 unspecified atom stereocenters. The molecule has 3 amide bonds. The van der Waals surface area contributed by atoms with E-state index in [2.05, 4.69) is 15.2 Å². The van der Waals surface area contributed by atoms with Crippen LogP contribution in [0, 0.1) is 11.7 Å². The Bertz CT molecular complexity index is 1130. The molecule has 3 aliphatic rings. The van der Waals surface area contributed by atoms with Gasteiger partial charge in [0.25, 0.3) is 5.91 Å². The van der Waals surface area contributed by atoms with Crippen LogP contribution in [0.5, 0.6) is 0 Å². The molecule has 5 rings (SSSR count). The van der Waals surface area contributed by atoms with Crippen LogP contribution in [0.15, 0.2) is 30.5 Å². The summed E-state index contributed by atoms with van der Waals surface area (Å²) in [6.45, 7) is 3.26. The van der Waals surface area contributed by atoms with Crippen molar-refractivity contribution in [1.82, 2.24) is 20.1 Å². The number of carbonyl (C=O) groups is 3. The Balaban J connectivity index is 1.33. The zero-order valence-electron chi connectivity index (χ0n) is 18.3. The van der Waals surface area contributed by atoms with Crippen LogP contribution in [-0.4, -0.2) is 65.4 Å². The summed E-state index contributed by atoms with van der Waals surface area (Å²) in [5, 5.41) is 2.31. The number of rotatable bonds is 6. The van der Waals surface area contributed by atoms with Gasteiger partial charge < -0.3 is 9.64 Å². The molecule has 33 heavy (non-hydrogen) atoms. The molecule has 2 fully saturated rings. The lowest BCUT2D eigenvalue weighted by molar-refractivity contribution is -0.136. The Kier molecular flexibility index (Phi) is 5.67. The molecule has 0 spiro atoms. The molecule has 8 nitrogen and oxygen atoms in total. The third-order valence-electron chi connectivity index (χ3n) is 6.58. The van der Waals surface area contributed by atoms with Crippen LogP contribution >= 0.6 is 0 Å². The summed E-state index contributed by atoms with van der Waals surface area (Å²) in [4.78, 5) is 44.5. The molecule has 172 valence electrons. The number of methoxy groups -OCH3 is 1. The summed E-state index contributed by atoms with van der Waals surface area (Å²) >= 11 is 0. The Morgan fingerprint density at radius 3 is 2.79 bits per heavy atom. The summed E-state index contributed by atoms with van der Waals surface area (Å²) < 4.78 is 19.6. The van der Waals surface area contributed by atoms with Gasteiger partial charge in [-0.25, -0.2) is 4.39 Å². The van der Waals surface area contributed by atoms with Crippen LogP contribution in [0.25, 0.3) is 11.3 Å². The average molecular weight is 452 g/mol. The topological polar surface area (TPSA) is 91.8 Å². The van der Waals surface area contributed by atoms with Crippen molar-refractivity contribution in [1.29, 1.82) is 0 Å². The second-order valence-electron chi connectivity index (χ2n) is 8.95. The second-order valence-corrected chi connectivity index (χ2v) is 8.95. The fourth-order valence-corrected chi connectivity index (χ4v) is 4.88. The predicted octanol–water partition coefficient (Wildman–Crippen LogP) is 1.73. The van der Waals surface area contributed by atoms with Gasteiger partial charge in [-0.2, -0.15) is 0 Å². The van der Waals surface area contributed by atoms with E-state index in [4.69, 9.17) is 4.74 Å². The molecule has 1 aromatic heterocycles. The summed E-state index contributed by atoms with van der Waals surface area (Å²) in [7, 11) is 1.69. The normalized spacial score (nSPS) is 21.2. The van der Waals surface area contributed by atoms with Crippen LogP contribution < -0.4 is 5.32 Å². The zero-order valence-corrected chi connectivity index (χ0v) is 18.3. The highest BCUT2D eigenvalue weighted by Crippen LogP contribution is 2.31. The minimum Gasteiger partial charge on any atom is -0.384 e. The first-order chi connectivity index (χ1) is 15.9. The number of benzene rings is 1. The average Bonchev–Trinajstić information content (AvgIpc) is 3.09. The largest absolute Gasteiger partial charge is 0.384 e. The van der Waals surface area contributed by atoms with Gasteiger partial charge in [-0.15, -0.1) is 0 Å². The second kappa shape index (κ2) is 8.64. The summed E-state index contributed by atoms with van der Waals surface area (Å²) in [6.07, 6.45) is 1.78. The van der Waals surface area contributed by atoms with Gasteiger partial charge in [-0.1, -0.05) is 6.07 Å². The maximum absolute atomic E-state index is 14.4. The van der Waals surface area contributed by atoms with Crippen molar-refractivity contribution in [2.75, 3.05) is 26.8 Å². The molecule has 3 aliphatic heterocycles. The van der Waals surface area contributed by atoms with Crippen molar-refractivity contribution < 1.29 is 23.5 Å². The number of halogens is 1. The fourth-order valence-electron chi connectivity index (χ4n) is 4.88. The summed E-state index contributed by atoms with van der Waals surface area (Å²) in [5.74, 6) is -0.818. The van der Waals surface area contributed by atoms with E-state index in [-0.39, 0.29) is 30.6 Å². The molecule has 2 aromatic rings. The number of imide groups is 1. The molecule has 4 heterocycles. The Labute approximate surface area is 190 Å². The van der Waals surface area contributed by atoms with Crippen molar-refractivity contribution >= 4 is 17.7 Å². The number of fused-ring (bicyclic) bond motifs is 1. The van der Waals surface area contributed by atoms with Crippen molar-refractivity contribution in [3.63, 3.8) is 0 Å². The van der Waals surface area contributed by atoms with Gasteiger partial charge >= 0.3 is 0 Å². The number of hydrogen-bond acceptors (Lipinski definition) is 6. The molecule has 0 radical (unpaired) electrons. The van der Waals surface area contributed by atoms with Gasteiger partial charge in [0.1, 0.15) is 11.9 Å². The Hall–Kier alpha value is -3.17. The summed E-state index contributed by atoms with van der Waals surface area (Å²) in [5.41, 5.74) is 3.33.